The maximum absolute atomic E-state index is 11.4. The van der Waals surface area contributed by atoms with E-state index in [1.807, 2.05) is 12.1 Å². The number of benzene rings is 1. The van der Waals surface area contributed by atoms with Gasteiger partial charge < -0.3 is 5.32 Å². The number of halogens is 3. The minimum absolute atomic E-state index is 0.493. The van der Waals surface area contributed by atoms with Crippen LogP contribution in [0.25, 0.3) is 0 Å². The fraction of sp³-hybridized carbons (Fsp3) is 0.417. The lowest BCUT2D eigenvalue weighted by Crippen LogP contribution is -2.26. The minimum atomic E-state index is -1.94. The topological polar surface area (TPSA) is 29.1 Å². The zero-order valence-corrected chi connectivity index (χ0v) is 11.9. The zero-order valence-electron chi connectivity index (χ0n) is 9.64. The van der Waals surface area contributed by atoms with E-state index in [9.17, 15) is 4.79 Å². The molecule has 1 aromatic carbocycles. The van der Waals surface area contributed by atoms with Crippen LogP contribution in [0.15, 0.2) is 24.3 Å². The molecule has 1 amide bonds. The van der Waals surface area contributed by atoms with Gasteiger partial charge in [0, 0.05) is 5.69 Å². The SMILES string of the molecule is CCC(C)c1ccc(NC(=O)C(Cl)(Cl)Cl)cc1. The van der Waals surface area contributed by atoms with Gasteiger partial charge >= 0.3 is 0 Å². The molecular formula is C12H14Cl3NO. The summed E-state index contributed by atoms with van der Waals surface area (Å²) in [6.45, 7) is 4.28. The van der Waals surface area contributed by atoms with Gasteiger partial charge in [0.05, 0.1) is 0 Å². The third-order valence-corrected chi connectivity index (χ3v) is 3.12. The van der Waals surface area contributed by atoms with Crippen LogP contribution in [0, 0.1) is 0 Å². The van der Waals surface area contributed by atoms with Gasteiger partial charge in [-0.2, -0.15) is 0 Å². The normalized spacial score (nSPS) is 13.2. The second-order valence-corrected chi connectivity index (χ2v) is 6.16. The molecule has 0 aromatic heterocycles. The average Bonchev–Trinajstić information content (AvgIpc) is 2.27. The number of hydrogen-bond acceptors (Lipinski definition) is 1. The summed E-state index contributed by atoms with van der Waals surface area (Å²) in [5, 5.41) is 2.53. The van der Waals surface area contributed by atoms with Crippen molar-refractivity contribution in [3.63, 3.8) is 0 Å². The van der Waals surface area contributed by atoms with Crippen LogP contribution in [0.2, 0.25) is 0 Å². The van der Waals surface area contributed by atoms with Crippen molar-refractivity contribution in [1.29, 1.82) is 0 Å². The van der Waals surface area contributed by atoms with Crippen LogP contribution in [0.4, 0.5) is 5.69 Å². The van der Waals surface area contributed by atoms with Crippen molar-refractivity contribution in [2.45, 2.75) is 30.0 Å². The molecule has 1 atom stereocenters. The van der Waals surface area contributed by atoms with E-state index in [1.165, 1.54) is 5.56 Å². The third kappa shape index (κ3) is 4.38. The second kappa shape index (κ2) is 5.94. The number of nitrogens with one attached hydrogen (secondary N) is 1. The summed E-state index contributed by atoms with van der Waals surface area (Å²) >= 11 is 16.4. The van der Waals surface area contributed by atoms with Gasteiger partial charge in [-0.15, -0.1) is 0 Å². The van der Waals surface area contributed by atoms with Crippen molar-refractivity contribution < 1.29 is 4.79 Å². The molecule has 1 N–H and O–H groups in total. The Kier molecular flexibility index (Phi) is 5.11. The predicted molar refractivity (Wildman–Crippen MR) is 74.1 cm³/mol. The van der Waals surface area contributed by atoms with Crippen molar-refractivity contribution in [2.24, 2.45) is 0 Å². The van der Waals surface area contributed by atoms with Gasteiger partial charge in [-0.1, -0.05) is 60.8 Å². The Morgan fingerprint density at radius 3 is 2.24 bits per heavy atom. The maximum Gasteiger partial charge on any atom is 0.276 e. The Morgan fingerprint density at radius 1 is 1.29 bits per heavy atom. The molecule has 0 heterocycles. The summed E-state index contributed by atoms with van der Waals surface area (Å²) in [4.78, 5) is 11.4. The first-order chi connectivity index (χ1) is 7.84. The van der Waals surface area contributed by atoms with Crippen LogP contribution >= 0.6 is 34.8 Å². The second-order valence-electron chi connectivity index (χ2n) is 3.88. The summed E-state index contributed by atoms with van der Waals surface area (Å²) < 4.78 is -1.94. The number of alkyl halides is 3. The summed E-state index contributed by atoms with van der Waals surface area (Å²) in [6.07, 6.45) is 1.07. The number of rotatable bonds is 3. The molecule has 0 aliphatic carbocycles. The molecule has 0 aliphatic rings. The fourth-order valence-electron chi connectivity index (χ4n) is 1.33. The van der Waals surface area contributed by atoms with Gasteiger partial charge in [0.15, 0.2) is 0 Å². The molecule has 0 spiro atoms. The molecule has 17 heavy (non-hydrogen) atoms. The van der Waals surface area contributed by atoms with Gasteiger partial charge in [0.1, 0.15) is 0 Å². The van der Waals surface area contributed by atoms with Crippen molar-refractivity contribution in [3.8, 4) is 0 Å². The standard InChI is InChI=1S/C12H14Cl3NO/c1-3-8(2)9-4-6-10(7-5-9)16-11(17)12(13,14)15/h4-8H,3H2,1-2H3,(H,16,17). The molecule has 1 aromatic rings. The quantitative estimate of drug-likeness (QED) is 0.817. The van der Waals surface area contributed by atoms with Crippen LogP contribution in [0.5, 0.6) is 0 Å². The number of carbonyl (C=O) groups excluding carboxylic acids is 1. The highest BCUT2D eigenvalue weighted by atomic mass is 35.6. The van der Waals surface area contributed by atoms with E-state index < -0.39 is 9.70 Å². The molecule has 94 valence electrons. The summed E-state index contributed by atoms with van der Waals surface area (Å²) in [5.74, 6) is -0.160. The van der Waals surface area contributed by atoms with Gasteiger partial charge in [-0.3, -0.25) is 4.79 Å². The van der Waals surface area contributed by atoms with E-state index in [2.05, 4.69) is 19.2 Å². The van der Waals surface area contributed by atoms with Crippen LogP contribution < -0.4 is 5.32 Å². The van der Waals surface area contributed by atoms with Gasteiger partial charge in [0.2, 0.25) is 0 Å². The molecule has 0 aliphatic heterocycles. The van der Waals surface area contributed by atoms with Crippen LogP contribution in [0.1, 0.15) is 31.7 Å². The minimum Gasteiger partial charge on any atom is -0.322 e. The predicted octanol–water partition coefficient (Wildman–Crippen LogP) is 4.51. The lowest BCUT2D eigenvalue weighted by Gasteiger charge is -2.13. The Hall–Kier alpha value is -0.440. The Balaban J connectivity index is 2.72. The Bertz CT molecular complexity index is 384. The summed E-state index contributed by atoms with van der Waals surface area (Å²) in [7, 11) is 0. The molecule has 1 unspecified atom stereocenters. The number of amides is 1. The molecule has 0 bridgehead atoms. The van der Waals surface area contributed by atoms with Crippen molar-refractivity contribution >= 4 is 46.4 Å². The lowest BCUT2D eigenvalue weighted by atomic mass is 9.99. The van der Waals surface area contributed by atoms with Crippen LogP contribution in [-0.4, -0.2) is 9.70 Å². The average molecular weight is 295 g/mol. The van der Waals surface area contributed by atoms with E-state index >= 15 is 0 Å². The zero-order chi connectivity index (χ0) is 13.1. The lowest BCUT2D eigenvalue weighted by molar-refractivity contribution is -0.115. The summed E-state index contributed by atoms with van der Waals surface area (Å²) in [5.41, 5.74) is 1.84. The van der Waals surface area contributed by atoms with Crippen LogP contribution in [-0.2, 0) is 4.79 Å². The largest absolute Gasteiger partial charge is 0.322 e. The molecule has 0 fully saturated rings. The Labute approximate surface area is 116 Å². The van der Waals surface area contributed by atoms with Gasteiger partial charge in [0.25, 0.3) is 9.70 Å². The van der Waals surface area contributed by atoms with Gasteiger partial charge in [-0.05, 0) is 30.0 Å². The van der Waals surface area contributed by atoms with Gasteiger partial charge in [-0.25, -0.2) is 0 Å². The first-order valence-electron chi connectivity index (χ1n) is 5.32. The molecule has 2 nitrogen and oxygen atoms in total. The van der Waals surface area contributed by atoms with Crippen molar-refractivity contribution in [3.05, 3.63) is 29.8 Å². The van der Waals surface area contributed by atoms with Crippen LogP contribution in [0.3, 0.4) is 0 Å². The molecule has 0 saturated carbocycles. The number of carbonyl (C=O) groups is 1. The van der Waals surface area contributed by atoms with E-state index in [4.69, 9.17) is 34.8 Å². The first kappa shape index (κ1) is 14.6. The van der Waals surface area contributed by atoms with E-state index in [-0.39, 0.29) is 0 Å². The summed E-state index contributed by atoms with van der Waals surface area (Å²) in [6, 6.07) is 7.52. The van der Waals surface area contributed by atoms with Crippen molar-refractivity contribution in [1.82, 2.24) is 0 Å². The highest BCUT2D eigenvalue weighted by molar-refractivity contribution is 6.76. The fourth-order valence-corrected chi connectivity index (χ4v) is 1.47. The maximum atomic E-state index is 11.4. The van der Waals surface area contributed by atoms with Crippen molar-refractivity contribution in [2.75, 3.05) is 5.32 Å². The Morgan fingerprint density at radius 2 is 1.82 bits per heavy atom. The van der Waals surface area contributed by atoms with E-state index in [0.717, 1.165) is 6.42 Å². The third-order valence-electron chi connectivity index (χ3n) is 2.61. The molecule has 0 saturated heterocycles. The van der Waals surface area contributed by atoms with E-state index in [0.29, 0.717) is 11.6 Å². The molecule has 1 rings (SSSR count). The number of anilines is 1. The molecule has 5 heteroatoms. The van der Waals surface area contributed by atoms with E-state index in [1.54, 1.807) is 12.1 Å². The highest BCUT2D eigenvalue weighted by Crippen LogP contribution is 2.28. The monoisotopic (exact) mass is 293 g/mol. The highest BCUT2D eigenvalue weighted by Gasteiger charge is 2.30. The smallest absolute Gasteiger partial charge is 0.276 e. The number of hydrogen-bond donors (Lipinski definition) is 1. The first-order valence-corrected chi connectivity index (χ1v) is 6.46. The molecule has 0 radical (unpaired) electrons. The molecular weight excluding hydrogens is 280 g/mol.